The molecule has 154 valence electrons. The van der Waals surface area contributed by atoms with Gasteiger partial charge in [-0.25, -0.2) is 0 Å². The first-order valence-electron chi connectivity index (χ1n) is 9.78. The summed E-state index contributed by atoms with van der Waals surface area (Å²) in [5.74, 6) is -0.873. The molecule has 7 heteroatoms. The van der Waals surface area contributed by atoms with Gasteiger partial charge in [-0.1, -0.05) is 25.1 Å². The largest absolute Gasteiger partial charge is 0.483 e. The van der Waals surface area contributed by atoms with Gasteiger partial charge in [0, 0.05) is 25.6 Å². The third-order valence-electron chi connectivity index (χ3n) is 5.32. The average Bonchev–Trinajstić information content (AvgIpc) is 2.70. The number of carbonyl (C=O) groups is 3. The van der Waals surface area contributed by atoms with Crippen molar-refractivity contribution in [2.75, 3.05) is 20.7 Å². The van der Waals surface area contributed by atoms with Gasteiger partial charge in [0.05, 0.1) is 12.0 Å². The van der Waals surface area contributed by atoms with Gasteiger partial charge in [-0.05, 0) is 38.2 Å². The fraction of sp³-hybridized carbons (Fsp3) is 0.571. The van der Waals surface area contributed by atoms with Crippen molar-refractivity contribution in [2.45, 2.75) is 45.1 Å². The van der Waals surface area contributed by atoms with E-state index in [9.17, 15) is 14.4 Å². The van der Waals surface area contributed by atoms with Crippen molar-refractivity contribution in [3.8, 4) is 5.75 Å². The highest BCUT2D eigenvalue weighted by Gasteiger charge is 2.31. The molecule has 0 spiro atoms. The van der Waals surface area contributed by atoms with Crippen molar-refractivity contribution in [3.05, 3.63) is 29.8 Å². The van der Waals surface area contributed by atoms with Crippen molar-refractivity contribution in [3.63, 3.8) is 0 Å². The molecule has 0 aromatic heterocycles. The Balaban J connectivity index is 2.02. The van der Waals surface area contributed by atoms with Crippen molar-refractivity contribution >= 4 is 17.8 Å². The van der Waals surface area contributed by atoms with Gasteiger partial charge >= 0.3 is 5.97 Å². The van der Waals surface area contributed by atoms with E-state index in [1.807, 2.05) is 25.1 Å². The average molecular weight is 390 g/mol. The molecule has 0 radical (unpaired) electrons. The number of rotatable bonds is 8. The molecule has 2 N–H and O–H groups in total. The maximum atomic E-state index is 12.7. The number of benzene rings is 1. The van der Waals surface area contributed by atoms with Gasteiger partial charge in [0.25, 0.3) is 5.91 Å². The predicted molar refractivity (Wildman–Crippen MR) is 105 cm³/mol. The van der Waals surface area contributed by atoms with Crippen molar-refractivity contribution < 1.29 is 24.2 Å². The summed E-state index contributed by atoms with van der Waals surface area (Å²) in [6.45, 7) is 1.92. The Bertz CT molecular complexity index is 696. The number of aliphatic carboxylic acids is 1. The van der Waals surface area contributed by atoms with Gasteiger partial charge in [0.15, 0.2) is 6.61 Å². The zero-order valence-corrected chi connectivity index (χ0v) is 16.8. The second kappa shape index (κ2) is 10.1. The molecule has 0 aliphatic heterocycles. The predicted octanol–water partition coefficient (Wildman–Crippen LogP) is 2.61. The van der Waals surface area contributed by atoms with E-state index < -0.39 is 5.97 Å². The molecule has 2 rings (SSSR count). The number of hydrogen-bond acceptors (Lipinski definition) is 4. The summed E-state index contributed by atoms with van der Waals surface area (Å²) < 4.78 is 5.70. The molecule has 0 bridgehead atoms. The number of carboxylic acids is 1. The van der Waals surface area contributed by atoms with Gasteiger partial charge < -0.3 is 20.1 Å². The third-order valence-corrected chi connectivity index (χ3v) is 5.32. The summed E-state index contributed by atoms with van der Waals surface area (Å²) >= 11 is 0. The second-order valence-electron chi connectivity index (χ2n) is 7.47. The third kappa shape index (κ3) is 5.71. The molecule has 1 saturated carbocycles. The van der Waals surface area contributed by atoms with Crippen LogP contribution >= 0.6 is 0 Å². The first-order valence-corrected chi connectivity index (χ1v) is 9.78. The number of nitrogens with one attached hydrogen (secondary N) is 1. The molecule has 1 aromatic carbocycles. The summed E-state index contributed by atoms with van der Waals surface area (Å²) in [4.78, 5) is 37.1. The lowest BCUT2D eigenvalue weighted by atomic mass is 9.81. The highest BCUT2D eigenvalue weighted by atomic mass is 16.5. The maximum Gasteiger partial charge on any atom is 0.306 e. The van der Waals surface area contributed by atoms with Crippen LogP contribution in [0.5, 0.6) is 5.75 Å². The van der Waals surface area contributed by atoms with Gasteiger partial charge in [-0.15, -0.1) is 0 Å². The summed E-state index contributed by atoms with van der Waals surface area (Å²) in [5.41, 5.74) is 0.837. The lowest BCUT2D eigenvalue weighted by Gasteiger charge is -2.28. The number of amides is 2. The van der Waals surface area contributed by atoms with Crippen LogP contribution in [-0.2, 0) is 14.4 Å². The first kappa shape index (κ1) is 21.7. The molecule has 1 atom stereocenters. The van der Waals surface area contributed by atoms with Crippen LogP contribution in [0.25, 0.3) is 0 Å². The Morgan fingerprint density at radius 3 is 2.32 bits per heavy atom. The van der Waals surface area contributed by atoms with Gasteiger partial charge in [0.2, 0.25) is 5.91 Å². The fourth-order valence-corrected chi connectivity index (χ4v) is 3.46. The van der Waals surface area contributed by atoms with E-state index >= 15 is 0 Å². The highest BCUT2D eigenvalue weighted by Crippen LogP contribution is 2.31. The van der Waals surface area contributed by atoms with Crippen LogP contribution in [-0.4, -0.2) is 48.5 Å². The van der Waals surface area contributed by atoms with E-state index in [1.165, 1.54) is 4.90 Å². The summed E-state index contributed by atoms with van der Waals surface area (Å²) in [6.07, 6.45) is 2.94. The number of nitrogens with zero attached hydrogens (tertiary/aromatic N) is 1. The molecule has 1 fully saturated rings. The molecule has 0 saturated heterocycles. The van der Waals surface area contributed by atoms with Gasteiger partial charge in [-0.3, -0.25) is 14.4 Å². The minimum absolute atomic E-state index is 0.0464. The Kier molecular flexibility index (Phi) is 7.84. The topological polar surface area (TPSA) is 95.9 Å². The van der Waals surface area contributed by atoms with E-state index in [2.05, 4.69) is 5.32 Å². The van der Waals surface area contributed by atoms with E-state index in [0.29, 0.717) is 37.9 Å². The van der Waals surface area contributed by atoms with E-state index in [0.717, 1.165) is 5.56 Å². The zero-order chi connectivity index (χ0) is 20.7. The van der Waals surface area contributed by atoms with Gasteiger partial charge in [0.1, 0.15) is 5.75 Å². The van der Waals surface area contributed by atoms with Crippen LogP contribution < -0.4 is 10.1 Å². The molecule has 1 aromatic rings. The first-order chi connectivity index (χ1) is 13.3. The van der Waals surface area contributed by atoms with Crippen molar-refractivity contribution in [2.24, 2.45) is 11.8 Å². The number of ether oxygens (including phenoxy) is 1. The fourth-order valence-electron chi connectivity index (χ4n) is 3.46. The minimum Gasteiger partial charge on any atom is -0.483 e. The molecule has 0 heterocycles. The van der Waals surface area contributed by atoms with E-state index in [4.69, 9.17) is 9.84 Å². The van der Waals surface area contributed by atoms with E-state index in [-0.39, 0.29) is 36.3 Å². The van der Waals surface area contributed by atoms with Crippen LogP contribution in [0.1, 0.15) is 50.6 Å². The number of likely N-dealkylation sites (N-methyl/N-ethyl adjacent to an activating group) is 1. The Morgan fingerprint density at radius 1 is 1.14 bits per heavy atom. The SMILES string of the molecule is CCC(NC(=O)C1CCC(C(=O)O)CC1)c1ccccc1OCC(=O)N(C)C. The molecule has 1 aliphatic rings. The van der Waals surface area contributed by atoms with Crippen molar-refractivity contribution in [1.29, 1.82) is 0 Å². The van der Waals surface area contributed by atoms with Crippen LogP contribution in [0.2, 0.25) is 0 Å². The molecule has 1 aliphatic carbocycles. The van der Waals surface area contributed by atoms with Crippen LogP contribution in [0.15, 0.2) is 24.3 Å². The van der Waals surface area contributed by atoms with Crippen LogP contribution in [0, 0.1) is 11.8 Å². The summed E-state index contributed by atoms with van der Waals surface area (Å²) in [5, 5.41) is 12.2. The molecule has 7 nitrogen and oxygen atoms in total. The smallest absolute Gasteiger partial charge is 0.306 e. The number of carboxylic acid groups (broad SMARTS) is 1. The summed E-state index contributed by atoms with van der Waals surface area (Å²) in [6, 6.07) is 7.18. The van der Waals surface area contributed by atoms with Crippen molar-refractivity contribution in [1.82, 2.24) is 10.2 Å². The Hall–Kier alpha value is -2.57. The van der Waals surface area contributed by atoms with Crippen LogP contribution in [0.3, 0.4) is 0 Å². The summed E-state index contributed by atoms with van der Waals surface area (Å²) in [7, 11) is 3.34. The quantitative estimate of drug-likeness (QED) is 0.711. The molecule has 1 unspecified atom stereocenters. The maximum absolute atomic E-state index is 12.7. The monoisotopic (exact) mass is 390 g/mol. The number of para-hydroxylation sites is 1. The van der Waals surface area contributed by atoms with Crippen LogP contribution in [0.4, 0.5) is 0 Å². The lowest BCUT2D eigenvalue weighted by molar-refractivity contribution is -0.144. The second-order valence-corrected chi connectivity index (χ2v) is 7.47. The molecule has 2 amide bonds. The minimum atomic E-state index is -0.774. The number of carbonyl (C=O) groups excluding carboxylic acids is 2. The number of hydrogen-bond donors (Lipinski definition) is 2. The Labute approximate surface area is 166 Å². The van der Waals surface area contributed by atoms with Gasteiger partial charge in [-0.2, -0.15) is 0 Å². The highest BCUT2D eigenvalue weighted by molar-refractivity contribution is 5.80. The zero-order valence-electron chi connectivity index (χ0n) is 16.8. The van der Waals surface area contributed by atoms with E-state index in [1.54, 1.807) is 20.2 Å². The lowest BCUT2D eigenvalue weighted by Crippen LogP contribution is -2.36. The molecule has 28 heavy (non-hydrogen) atoms. The standard InChI is InChI=1S/C21H30N2O5/c1-4-17(22-20(25)14-9-11-15(12-10-14)21(26)27)16-7-5-6-8-18(16)28-13-19(24)23(2)3/h5-8,14-15,17H,4,9-13H2,1-3H3,(H,22,25)(H,26,27). The molecular weight excluding hydrogens is 360 g/mol. The molecular formula is C21H30N2O5. The Morgan fingerprint density at radius 2 is 1.75 bits per heavy atom. The normalized spacial score (nSPS) is 20.1.